The molecule has 126 valence electrons. The summed E-state index contributed by atoms with van der Waals surface area (Å²) in [6.45, 7) is 0.587. The fraction of sp³-hybridized carbons (Fsp3) is 0.500. The van der Waals surface area contributed by atoms with Crippen LogP contribution in [0.1, 0.15) is 29.6 Å². The van der Waals surface area contributed by atoms with Gasteiger partial charge in [0, 0.05) is 30.6 Å². The van der Waals surface area contributed by atoms with Crippen LogP contribution in [0, 0.1) is 11.7 Å². The van der Waals surface area contributed by atoms with E-state index in [-0.39, 0.29) is 30.3 Å². The summed E-state index contributed by atoms with van der Waals surface area (Å²) in [5.41, 5.74) is 6.13. The van der Waals surface area contributed by atoms with Gasteiger partial charge in [-0.2, -0.15) is 0 Å². The zero-order chi connectivity index (χ0) is 16.8. The maximum atomic E-state index is 12.8. The molecule has 23 heavy (non-hydrogen) atoms. The SMILES string of the molecule is N[C@@H]1C[C@@H](C(=O)NCCNC(=O)c2ccc(F)cc2)CC[C@H]1O. The first-order valence-electron chi connectivity index (χ1n) is 7.72. The molecule has 1 aliphatic carbocycles. The van der Waals surface area contributed by atoms with Gasteiger partial charge in [0.2, 0.25) is 5.91 Å². The van der Waals surface area contributed by atoms with Crippen LogP contribution in [0.2, 0.25) is 0 Å². The van der Waals surface area contributed by atoms with Crippen molar-refractivity contribution in [2.45, 2.75) is 31.4 Å². The Bertz CT molecular complexity index is 550. The Hall–Kier alpha value is -1.99. The number of nitrogens with one attached hydrogen (secondary N) is 2. The molecule has 1 aromatic rings. The molecule has 0 radical (unpaired) electrons. The Morgan fingerprint density at radius 1 is 1.17 bits per heavy atom. The summed E-state index contributed by atoms with van der Waals surface area (Å²) in [7, 11) is 0. The van der Waals surface area contributed by atoms with Crippen molar-refractivity contribution in [1.82, 2.24) is 10.6 Å². The van der Waals surface area contributed by atoms with Gasteiger partial charge in [-0.25, -0.2) is 4.39 Å². The lowest BCUT2D eigenvalue weighted by atomic mass is 9.84. The van der Waals surface area contributed by atoms with Crippen molar-refractivity contribution in [2.75, 3.05) is 13.1 Å². The van der Waals surface area contributed by atoms with E-state index in [2.05, 4.69) is 10.6 Å². The van der Waals surface area contributed by atoms with Gasteiger partial charge in [-0.3, -0.25) is 9.59 Å². The first-order chi connectivity index (χ1) is 11.0. The summed E-state index contributed by atoms with van der Waals surface area (Å²) in [6.07, 6.45) is 1.08. The van der Waals surface area contributed by atoms with Gasteiger partial charge in [-0.15, -0.1) is 0 Å². The summed E-state index contributed by atoms with van der Waals surface area (Å²) >= 11 is 0. The standard InChI is InChI=1S/C16H22FN3O3/c17-12-4-1-10(2-5-12)15(22)19-7-8-20-16(23)11-3-6-14(21)13(18)9-11/h1-2,4-5,11,13-14,21H,3,6-9,18H2,(H,19,22)(H,20,23)/t11-,13+,14+/m0/s1. The number of amides is 2. The molecular formula is C16H22FN3O3. The average Bonchev–Trinajstić information content (AvgIpc) is 2.54. The predicted octanol–water partition coefficient (Wildman–Crippen LogP) is 0.160. The van der Waals surface area contributed by atoms with Crippen LogP contribution in [0.4, 0.5) is 4.39 Å². The quantitative estimate of drug-likeness (QED) is 0.579. The Labute approximate surface area is 134 Å². The maximum Gasteiger partial charge on any atom is 0.251 e. The van der Waals surface area contributed by atoms with E-state index in [1.54, 1.807) is 0 Å². The predicted molar refractivity (Wildman–Crippen MR) is 83.1 cm³/mol. The van der Waals surface area contributed by atoms with E-state index in [1.807, 2.05) is 0 Å². The molecule has 6 nitrogen and oxygen atoms in total. The number of hydrogen-bond donors (Lipinski definition) is 4. The lowest BCUT2D eigenvalue weighted by Gasteiger charge is -2.30. The third kappa shape index (κ3) is 5.01. The minimum Gasteiger partial charge on any atom is -0.392 e. The van der Waals surface area contributed by atoms with Crippen LogP contribution in [0.15, 0.2) is 24.3 Å². The fourth-order valence-electron chi connectivity index (χ4n) is 2.64. The minimum atomic E-state index is -0.533. The third-order valence-corrected chi connectivity index (χ3v) is 4.05. The zero-order valence-electron chi connectivity index (χ0n) is 12.8. The van der Waals surface area contributed by atoms with E-state index in [9.17, 15) is 19.1 Å². The summed E-state index contributed by atoms with van der Waals surface area (Å²) in [5, 5.41) is 15.0. The summed E-state index contributed by atoms with van der Waals surface area (Å²) in [5.74, 6) is -1.02. The topological polar surface area (TPSA) is 104 Å². The number of aliphatic hydroxyl groups is 1. The van der Waals surface area contributed by atoms with Crippen molar-refractivity contribution in [3.63, 3.8) is 0 Å². The van der Waals surface area contributed by atoms with E-state index in [1.165, 1.54) is 24.3 Å². The van der Waals surface area contributed by atoms with Gasteiger partial charge in [-0.05, 0) is 43.5 Å². The zero-order valence-corrected chi connectivity index (χ0v) is 12.8. The Kier molecular flexibility index (Phi) is 6.06. The lowest BCUT2D eigenvalue weighted by molar-refractivity contribution is -0.126. The molecule has 0 unspecified atom stereocenters. The second-order valence-electron chi connectivity index (χ2n) is 5.79. The highest BCUT2D eigenvalue weighted by Crippen LogP contribution is 2.23. The number of aliphatic hydroxyl groups excluding tert-OH is 1. The van der Waals surface area contributed by atoms with Crippen LogP contribution in [0.3, 0.4) is 0 Å². The van der Waals surface area contributed by atoms with Gasteiger partial charge >= 0.3 is 0 Å². The largest absolute Gasteiger partial charge is 0.392 e. The summed E-state index contributed by atoms with van der Waals surface area (Å²) in [4.78, 5) is 23.8. The van der Waals surface area contributed by atoms with Crippen molar-refractivity contribution in [1.29, 1.82) is 0 Å². The molecule has 1 aliphatic rings. The first kappa shape index (κ1) is 17.4. The molecule has 2 rings (SSSR count). The van der Waals surface area contributed by atoms with Gasteiger partial charge in [-0.1, -0.05) is 0 Å². The monoisotopic (exact) mass is 323 g/mol. The number of hydrogen-bond acceptors (Lipinski definition) is 4. The highest BCUT2D eigenvalue weighted by molar-refractivity contribution is 5.94. The lowest BCUT2D eigenvalue weighted by Crippen LogP contribution is -2.45. The Morgan fingerprint density at radius 3 is 2.48 bits per heavy atom. The molecule has 0 spiro atoms. The van der Waals surface area contributed by atoms with E-state index >= 15 is 0 Å². The molecule has 3 atom stereocenters. The van der Waals surface area contributed by atoms with Crippen LogP contribution >= 0.6 is 0 Å². The fourth-order valence-corrected chi connectivity index (χ4v) is 2.64. The average molecular weight is 323 g/mol. The summed E-state index contributed by atoms with van der Waals surface area (Å²) in [6, 6.07) is 4.88. The van der Waals surface area contributed by atoms with Crippen molar-refractivity contribution >= 4 is 11.8 Å². The Balaban J connectivity index is 1.68. The normalized spacial score (nSPS) is 24.0. The molecule has 5 N–H and O–H groups in total. The molecule has 2 amide bonds. The Morgan fingerprint density at radius 2 is 1.83 bits per heavy atom. The number of carbonyl (C=O) groups is 2. The second kappa shape index (κ2) is 8.03. The first-order valence-corrected chi connectivity index (χ1v) is 7.72. The van der Waals surface area contributed by atoms with E-state index in [0.29, 0.717) is 31.4 Å². The maximum absolute atomic E-state index is 12.8. The van der Waals surface area contributed by atoms with Crippen molar-refractivity contribution in [3.8, 4) is 0 Å². The minimum absolute atomic E-state index is 0.108. The highest BCUT2D eigenvalue weighted by atomic mass is 19.1. The van der Waals surface area contributed by atoms with Gasteiger partial charge in [0.1, 0.15) is 5.82 Å². The van der Waals surface area contributed by atoms with Crippen LogP contribution in [-0.2, 0) is 4.79 Å². The molecule has 7 heteroatoms. The highest BCUT2D eigenvalue weighted by Gasteiger charge is 2.30. The van der Waals surface area contributed by atoms with Crippen molar-refractivity contribution in [2.24, 2.45) is 11.7 Å². The van der Waals surface area contributed by atoms with E-state index in [0.717, 1.165) is 0 Å². The number of rotatable bonds is 5. The van der Waals surface area contributed by atoms with Gasteiger partial charge in [0.15, 0.2) is 0 Å². The molecule has 0 aromatic heterocycles. The summed E-state index contributed by atoms with van der Waals surface area (Å²) < 4.78 is 12.8. The third-order valence-electron chi connectivity index (χ3n) is 4.05. The molecule has 0 saturated heterocycles. The van der Waals surface area contributed by atoms with Gasteiger partial charge < -0.3 is 21.5 Å². The number of benzene rings is 1. The van der Waals surface area contributed by atoms with Crippen LogP contribution < -0.4 is 16.4 Å². The molecule has 1 fully saturated rings. The van der Waals surface area contributed by atoms with Gasteiger partial charge in [0.25, 0.3) is 5.91 Å². The molecule has 0 aliphatic heterocycles. The number of nitrogens with two attached hydrogens (primary N) is 1. The smallest absolute Gasteiger partial charge is 0.251 e. The molecule has 0 heterocycles. The molecule has 1 saturated carbocycles. The van der Waals surface area contributed by atoms with E-state index < -0.39 is 11.9 Å². The van der Waals surface area contributed by atoms with Crippen LogP contribution in [-0.4, -0.2) is 42.2 Å². The number of carbonyl (C=O) groups excluding carboxylic acids is 2. The van der Waals surface area contributed by atoms with Crippen LogP contribution in [0.5, 0.6) is 0 Å². The van der Waals surface area contributed by atoms with E-state index in [4.69, 9.17) is 5.73 Å². The number of halogens is 1. The molecule has 1 aromatic carbocycles. The van der Waals surface area contributed by atoms with Crippen LogP contribution in [0.25, 0.3) is 0 Å². The van der Waals surface area contributed by atoms with Crippen molar-refractivity contribution < 1.29 is 19.1 Å². The molecule has 0 bridgehead atoms. The molecular weight excluding hydrogens is 301 g/mol. The van der Waals surface area contributed by atoms with Crippen molar-refractivity contribution in [3.05, 3.63) is 35.6 Å². The van der Waals surface area contributed by atoms with Gasteiger partial charge in [0.05, 0.1) is 6.10 Å². The second-order valence-corrected chi connectivity index (χ2v) is 5.79.